The van der Waals surface area contributed by atoms with Crippen LogP contribution in [0.25, 0.3) is 10.8 Å². The molecule has 0 saturated carbocycles. The average Bonchev–Trinajstić information content (AvgIpc) is 3.09. The first-order chi connectivity index (χ1) is 11.9. The normalized spacial score (nSPS) is 17.8. The Morgan fingerprint density at radius 3 is 2.60 bits per heavy atom. The van der Waals surface area contributed by atoms with Crippen LogP contribution in [0.5, 0.6) is 0 Å². The molecule has 2 aromatic carbocycles. The number of hydrogen-bond donors (Lipinski definition) is 2. The Morgan fingerprint density at radius 2 is 1.88 bits per heavy atom. The molecule has 1 aliphatic rings. The summed E-state index contributed by atoms with van der Waals surface area (Å²) < 4.78 is 27.2. The van der Waals surface area contributed by atoms with Crippen LogP contribution in [-0.4, -0.2) is 44.3 Å². The molecule has 1 atom stereocenters. The fourth-order valence-corrected chi connectivity index (χ4v) is 4.05. The molecule has 0 aliphatic carbocycles. The van der Waals surface area contributed by atoms with Crippen LogP contribution in [0, 0.1) is 0 Å². The number of carbonyl (C=O) groups is 2. The highest BCUT2D eigenvalue weighted by Gasteiger charge is 2.32. The first-order valence-corrected chi connectivity index (χ1v) is 9.44. The molecule has 25 heavy (non-hydrogen) atoms. The lowest BCUT2D eigenvalue weighted by Gasteiger charge is -2.22. The third-order valence-corrected chi connectivity index (χ3v) is 5.75. The third kappa shape index (κ3) is 3.64. The van der Waals surface area contributed by atoms with Gasteiger partial charge in [0.15, 0.2) is 0 Å². The van der Waals surface area contributed by atoms with Crippen LogP contribution in [-0.2, 0) is 19.6 Å². The number of likely N-dealkylation sites (tertiary alicyclic amines) is 1. The number of nitrogens with one attached hydrogen (secondary N) is 1. The van der Waals surface area contributed by atoms with E-state index >= 15 is 0 Å². The molecule has 3 N–H and O–H groups in total. The van der Waals surface area contributed by atoms with Crippen molar-refractivity contribution in [3.05, 3.63) is 42.5 Å². The van der Waals surface area contributed by atoms with E-state index in [4.69, 9.17) is 5.73 Å². The number of primary amides is 1. The van der Waals surface area contributed by atoms with Crippen molar-refractivity contribution in [2.24, 2.45) is 5.73 Å². The number of sulfonamides is 1. The number of fused-ring (bicyclic) bond motifs is 1. The number of amides is 2. The van der Waals surface area contributed by atoms with Crippen LogP contribution >= 0.6 is 0 Å². The molecule has 0 bridgehead atoms. The predicted octanol–water partition coefficient (Wildman–Crippen LogP) is 0.594. The van der Waals surface area contributed by atoms with Crippen molar-refractivity contribution in [2.75, 3.05) is 13.1 Å². The average molecular weight is 361 g/mol. The molecule has 0 radical (unpaired) electrons. The van der Waals surface area contributed by atoms with Crippen LogP contribution in [0.15, 0.2) is 47.4 Å². The van der Waals surface area contributed by atoms with Crippen LogP contribution in [0.3, 0.4) is 0 Å². The standard InChI is InChI=1S/C17H19N3O4S/c18-17(22)15-6-3-9-20(15)16(21)11-19-25(23,24)14-8-7-12-4-1-2-5-13(12)10-14/h1-2,4-5,7-8,10,15,19H,3,6,9,11H2,(H2,18,22)/t15-/m0/s1. The van der Waals surface area contributed by atoms with Gasteiger partial charge in [0, 0.05) is 6.54 Å². The second kappa shape index (κ2) is 6.81. The summed E-state index contributed by atoms with van der Waals surface area (Å²) in [5.41, 5.74) is 5.28. The van der Waals surface area contributed by atoms with E-state index in [2.05, 4.69) is 4.72 Å². The number of nitrogens with two attached hydrogens (primary N) is 1. The summed E-state index contributed by atoms with van der Waals surface area (Å²) in [4.78, 5) is 25.0. The van der Waals surface area contributed by atoms with E-state index in [0.717, 1.165) is 10.8 Å². The maximum absolute atomic E-state index is 12.4. The Labute approximate surface area is 145 Å². The van der Waals surface area contributed by atoms with Gasteiger partial charge < -0.3 is 10.6 Å². The maximum atomic E-state index is 12.4. The van der Waals surface area contributed by atoms with E-state index in [0.29, 0.717) is 19.4 Å². The molecule has 1 aliphatic heterocycles. The molecule has 2 amide bonds. The molecule has 7 nitrogen and oxygen atoms in total. The van der Waals surface area contributed by atoms with E-state index in [9.17, 15) is 18.0 Å². The van der Waals surface area contributed by atoms with Gasteiger partial charge in [-0.2, -0.15) is 0 Å². The topological polar surface area (TPSA) is 110 Å². The van der Waals surface area contributed by atoms with Gasteiger partial charge in [0.25, 0.3) is 0 Å². The molecule has 3 rings (SSSR count). The van der Waals surface area contributed by atoms with Gasteiger partial charge in [-0.25, -0.2) is 13.1 Å². The summed E-state index contributed by atoms with van der Waals surface area (Å²) in [5, 5.41) is 1.73. The molecule has 1 fully saturated rings. The highest BCUT2D eigenvalue weighted by Crippen LogP contribution is 2.19. The minimum Gasteiger partial charge on any atom is -0.368 e. The lowest BCUT2D eigenvalue weighted by molar-refractivity contribution is -0.136. The van der Waals surface area contributed by atoms with Crippen molar-refractivity contribution in [1.29, 1.82) is 0 Å². The van der Waals surface area contributed by atoms with E-state index in [1.165, 1.54) is 11.0 Å². The van der Waals surface area contributed by atoms with Crippen molar-refractivity contribution >= 4 is 32.6 Å². The van der Waals surface area contributed by atoms with Gasteiger partial charge in [0.1, 0.15) is 6.04 Å². The molecular formula is C17H19N3O4S. The summed E-state index contributed by atoms with van der Waals surface area (Å²) in [6.45, 7) is 0.00306. The highest BCUT2D eigenvalue weighted by molar-refractivity contribution is 7.89. The van der Waals surface area contributed by atoms with E-state index in [1.54, 1.807) is 12.1 Å². The van der Waals surface area contributed by atoms with Gasteiger partial charge >= 0.3 is 0 Å². The first kappa shape index (κ1) is 17.4. The van der Waals surface area contributed by atoms with Gasteiger partial charge in [0.2, 0.25) is 21.8 Å². The van der Waals surface area contributed by atoms with Crippen LogP contribution in [0.4, 0.5) is 0 Å². The molecule has 1 heterocycles. The largest absolute Gasteiger partial charge is 0.368 e. The summed E-state index contributed by atoms with van der Waals surface area (Å²) in [6, 6.07) is 11.5. The van der Waals surface area contributed by atoms with E-state index in [1.807, 2.05) is 24.3 Å². The van der Waals surface area contributed by atoms with Crippen molar-refractivity contribution in [3.8, 4) is 0 Å². The van der Waals surface area contributed by atoms with Gasteiger partial charge in [0.05, 0.1) is 11.4 Å². The predicted molar refractivity (Wildman–Crippen MR) is 93.1 cm³/mol. The Morgan fingerprint density at radius 1 is 1.16 bits per heavy atom. The van der Waals surface area contributed by atoms with Gasteiger partial charge in [-0.15, -0.1) is 0 Å². The lowest BCUT2D eigenvalue weighted by atomic mass is 10.1. The van der Waals surface area contributed by atoms with Crippen LogP contribution in [0.1, 0.15) is 12.8 Å². The molecule has 0 unspecified atom stereocenters. The fourth-order valence-electron chi connectivity index (χ4n) is 3.04. The third-order valence-electron chi connectivity index (χ3n) is 4.35. The zero-order valence-corrected chi connectivity index (χ0v) is 14.3. The zero-order chi connectivity index (χ0) is 18.0. The molecule has 132 valence electrons. The molecule has 0 spiro atoms. The maximum Gasteiger partial charge on any atom is 0.241 e. The number of nitrogens with zero attached hydrogens (tertiary/aromatic N) is 1. The Balaban J connectivity index is 1.72. The smallest absolute Gasteiger partial charge is 0.241 e. The summed E-state index contributed by atoms with van der Waals surface area (Å²) in [6.07, 6.45) is 1.19. The molecular weight excluding hydrogens is 342 g/mol. The van der Waals surface area contributed by atoms with E-state index in [-0.39, 0.29) is 4.90 Å². The molecule has 2 aromatic rings. The number of benzene rings is 2. The second-order valence-corrected chi connectivity index (χ2v) is 7.75. The van der Waals surface area contributed by atoms with Crippen molar-refractivity contribution < 1.29 is 18.0 Å². The van der Waals surface area contributed by atoms with Gasteiger partial charge in [-0.05, 0) is 35.7 Å². The second-order valence-electron chi connectivity index (χ2n) is 5.98. The fraction of sp³-hybridized carbons (Fsp3) is 0.294. The van der Waals surface area contributed by atoms with Crippen molar-refractivity contribution in [2.45, 2.75) is 23.8 Å². The quantitative estimate of drug-likeness (QED) is 0.812. The van der Waals surface area contributed by atoms with Crippen LogP contribution < -0.4 is 10.5 Å². The minimum absolute atomic E-state index is 0.0897. The summed E-state index contributed by atoms with van der Waals surface area (Å²) >= 11 is 0. The SMILES string of the molecule is NC(=O)[C@@H]1CCCN1C(=O)CNS(=O)(=O)c1ccc2ccccc2c1. The van der Waals surface area contributed by atoms with Gasteiger partial charge in [-0.3, -0.25) is 9.59 Å². The highest BCUT2D eigenvalue weighted by atomic mass is 32.2. The zero-order valence-electron chi connectivity index (χ0n) is 13.5. The van der Waals surface area contributed by atoms with Crippen LogP contribution in [0.2, 0.25) is 0 Å². The van der Waals surface area contributed by atoms with Crippen molar-refractivity contribution in [3.63, 3.8) is 0 Å². The lowest BCUT2D eigenvalue weighted by Crippen LogP contribution is -2.47. The molecule has 0 aromatic heterocycles. The number of rotatable bonds is 5. The monoisotopic (exact) mass is 361 g/mol. The number of hydrogen-bond acceptors (Lipinski definition) is 4. The minimum atomic E-state index is -3.83. The van der Waals surface area contributed by atoms with Crippen molar-refractivity contribution in [1.82, 2.24) is 9.62 Å². The summed E-state index contributed by atoms with van der Waals surface area (Å²) in [7, 11) is -3.83. The van der Waals surface area contributed by atoms with E-state index < -0.39 is 34.4 Å². The Bertz CT molecular complexity index is 926. The summed E-state index contributed by atoms with van der Waals surface area (Å²) in [5.74, 6) is -1.02. The first-order valence-electron chi connectivity index (χ1n) is 7.96. The molecule has 1 saturated heterocycles. The van der Waals surface area contributed by atoms with Gasteiger partial charge in [-0.1, -0.05) is 30.3 Å². The molecule has 8 heteroatoms. The Kier molecular flexibility index (Phi) is 4.73. The number of carbonyl (C=O) groups excluding carboxylic acids is 2. The Hall–Kier alpha value is -2.45.